The monoisotopic (exact) mass is 237 g/mol. The van der Waals surface area contributed by atoms with Crippen LogP contribution < -0.4 is 5.32 Å². The standard InChI is InChI=1S/C14H23NO2/c1-12(13-7-9-16-11-13)15-8-10-17-14-5-3-2-4-6-14/h7,9,11-12,14-15H,2-6,8,10H2,1H3. The van der Waals surface area contributed by atoms with Crippen LogP contribution in [0.15, 0.2) is 23.0 Å². The number of nitrogens with one attached hydrogen (secondary N) is 1. The molecule has 1 fully saturated rings. The molecule has 1 aliphatic rings. The summed E-state index contributed by atoms with van der Waals surface area (Å²) in [7, 11) is 0. The molecule has 1 N–H and O–H groups in total. The van der Waals surface area contributed by atoms with E-state index in [0.717, 1.165) is 13.2 Å². The number of ether oxygens (including phenoxy) is 1. The van der Waals surface area contributed by atoms with Gasteiger partial charge in [0.2, 0.25) is 0 Å². The van der Waals surface area contributed by atoms with Crippen LogP contribution in [0.5, 0.6) is 0 Å². The van der Waals surface area contributed by atoms with E-state index in [2.05, 4.69) is 12.2 Å². The molecule has 0 bridgehead atoms. The average molecular weight is 237 g/mol. The minimum Gasteiger partial charge on any atom is -0.472 e. The second kappa shape index (κ2) is 6.82. The van der Waals surface area contributed by atoms with Crippen LogP contribution in [0.25, 0.3) is 0 Å². The van der Waals surface area contributed by atoms with Crippen molar-refractivity contribution < 1.29 is 9.15 Å². The van der Waals surface area contributed by atoms with Gasteiger partial charge in [-0.15, -0.1) is 0 Å². The first-order chi connectivity index (χ1) is 8.36. The molecule has 96 valence electrons. The molecular weight excluding hydrogens is 214 g/mol. The fraction of sp³-hybridized carbons (Fsp3) is 0.714. The topological polar surface area (TPSA) is 34.4 Å². The number of rotatable bonds is 6. The third-order valence-electron chi connectivity index (χ3n) is 3.50. The molecule has 1 saturated carbocycles. The molecule has 0 radical (unpaired) electrons. The molecule has 1 unspecified atom stereocenters. The summed E-state index contributed by atoms with van der Waals surface area (Å²) in [6.07, 6.45) is 10.6. The first-order valence-corrected chi connectivity index (χ1v) is 6.73. The van der Waals surface area contributed by atoms with Crippen molar-refractivity contribution >= 4 is 0 Å². The molecule has 3 heteroatoms. The summed E-state index contributed by atoms with van der Waals surface area (Å²) in [5.41, 5.74) is 1.20. The predicted molar refractivity (Wildman–Crippen MR) is 68.0 cm³/mol. The summed E-state index contributed by atoms with van der Waals surface area (Å²) in [6, 6.07) is 2.34. The van der Waals surface area contributed by atoms with Gasteiger partial charge in [-0.1, -0.05) is 19.3 Å². The Morgan fingerprint density at radius 2 is 2.24 bits per heavy atom. The second-order valence-corrected chi connectivity index (χ2v) is 4.86. The first kappa shape index (κ1) is 12.7. The molecule has 0 aromatic carbocycles. The van der Waals surface area contributed by atoms with Gasteiger partial charge in [-0.3, -0.25) is 0 Å². The molecule has 2 rings (SSSR count). The summed E-state index contributed by atoms with van der Waals surface area (Å²) < 4.78 is 10.9. The van der Waals surface area contributed by atoms with Crippen LogP contribution >= 0.6 is 0 Å². The second-order valence-electron chi connectivity index (χ2n) is 4.86. The minimum atomic E-state index is 0.337. The Hall–Kier alpha value is -0.800. The fourth-order valence-electron chi connectivity index (χ4n) is 2.37. The van der Waals surface area contributed by atoms with Gasteiger partial charge in [0.1, 0.15) is 0 Å². The van der Waals surface area contributed by atoms with Crippen LogP contribution in [0.4, 0.5) is 0 Å². The highest BCUT2D eigenvalue weighted by molar-refractivity contribution is 5.09. The highest BCUT2D eigenvalue weighted by atomic mass is 16.5. The Kier molecular flexibility index (Phi) is 5.08. The lowest BCUT2D eigenvalue weighted by Crippen LogP contribution is -2.26. The van der Waals surface area contributed by atoms with E-state index < -0.39 is 0 Å². The molecule has 0 amide bonds. The van der Waals surface area contributed by atoms with Crippen LogP contribution in [-0.2, 0) is 4.74 Å². The van der Waals surface area contributed by atoms with Gasteiger partial charge in [0.15, 0.2) is 0 Å². The van der Waals surface area contributed by atoms with E-state index in [4.69, 9.17) is 9.15 Å². The summed E-state index contributed by atoms with van der Waals surface area (Å²) in [5.74, 6) is 0. The van der Waals surface area contributed by atoms with Gasteiger partial charge in [-0.05, 0) is 25.8 Å². The Balaban J connectivity index is 1.56. The lowest BCUT2D eigenvalue weighted by Gasteiger charge is -2.22. The van der Waals surface area contributed by atoms with Crippen molar-refractivity contribution in [1.82, 2.24) is 5.32 Å². The van der Waals surface area contributed by atoms with Crippen LogP contribution in [0.1, 0.15) is 50.6 Å². The molecule has 0 saturated heterocycles. The zero-order valence-electron chi connectivity index (χ0n) is 10.7. The van der Waals surface area contributed by atoms with Crippen molar-refractivity contribution in [2.24, 2.45) is 0 Å². The third kappa shape index (κ3) is 4.17. The van der Waals surface area contributed by atoms with Gasteiger partial charge in [0, 0.05) is 18.2 Å². The third-order valence-corrected chi connectivity index (χ3v) is 3.50. The van der Waals surface area contributed by atoms with Crippen molar-refractivity contribution in [1.29, 1.82) is 0 Å². The van der Waals surface area contributed by atoms with Crippen molar-refractivity contribution in [3.63, 3.8) is 0 Å². The van der Waals surface area contributed by atoms with Crippen molar-refractivity contribution in [2.45, 2.75) is 51.2 Å². The summed E-state index contributed by atoms with van der Waals surface area (Å²) in [4.78, 5) is 0. The van der Waals surface area contributed by atoms with Gasteiger partial charge in [0.25, 0.3) is 0 Å². The van der Waals surface area contributed by atoms with E-state index in [1.807, 2.05) is 6.07 Å². The van der Waals surface area contributed by atoms with E-state index in [1.165, 1.54) is 37.7 Å². The van der Waals surface area contributed by atoms with Gasteiger partial charge in [0.05, 0.1) is 25.2 Å². The van der Waals surface area contributed by atoms with Gasteiger partial charge >= 0.3 is 0 Å². The molecule has 17 heavy (non-hydrogen) atoms. The highest BCUT2D eigenvalue weighted by Crippen LogP contribution is 2.20. The van der Waals surface area contributed by atoms with E-state index in [1.54, 1.807) is 12.5 Å². The van der Waals surface area contributed by atoms with Crippen LogP contribution in [0.3, 0.4) is 0 Å². The number of hydrogen-bond donors (Lipinski definition) is 1. The highest BCUT2D eigenvalue weighted by Gasteiger charge is 2.13. The Morgan fingerprint density at radius 1 is 1.41 bits per heavy atom. The normalized spacial score (nSPS) is 19.4. The van der Waals surface area contributed by atoms with Crippen LogP contribution in [-0.4, -0.2) is 19.3 Å². The Morgan fingerprint density at radius 3 is 2.94 bits per heavy atom. The molecule has 1 aliphatic carbocycles. The van der Waals surface area contributed by atoms with E-state index in [-0.39, 0.29) is 0 Å². The lowest BCUT2D eigenvalue weighted by molar-refractivity contribution is 0.0295. The maximum atomic E-state index is 5.86. The average Bonchev–Trinajstić information content (AvgIpc) is 2.89. The summed E-state index contributed by atoms with van der Waals surface area (Å²) in [6.45, 7) is 3.86. The van der Waals surface area contributed by atoms with Crippen molar-refractivity contribution in [2.75, 3.05) is 13.2 Å². The van der Waals surface area contributed by atoms with E-state index >= 15 is 0 Å². The SMILES string of the molecule is CC(NCCOC1CCCCC1)c1ccoc1. The maximum Gasteiger partial charge on any atom is 0.0950 e. The molecule has 0 aliphatic heterocycles. The number of hydrogen-bond acceptors (Lipinski definition) is 3. The number of furan rings is 1. The maximum absolute atomic E-state index is 5.86. The fourth-order valence-corrected chi connectivity index (χ4v) is 2.37. The predicted octanol–water partition coefficient (Wildman–Crippen LogP) is 3.28. The quantitative estimate of drug-likeness (QED) is 0.771. The van der Waals surface area contributed by atoms with Crippen LogP contribution in [0.2, 0.25) is 0 Å². The Labute approximate surface area is 104 Å². The summed E-state index contributed by atoms with van der Waals surface area (Å²) in [5, 5.41) is 3.44. The molecule has 1 aromatic heterocycles. The first-order valence-electron chi connectivity index (χ1n) is 6.73. The summed E-state index contributed by atoms with van der Waals surface area (Å²) >= 11 is 0. The zero-order valence-corrected chi connectivity index (χ0v) is 10.7. The minimum absolute atomic E-state index is 0.337. The van der Waals surface area contributed by atoms with Gasteiger partial charge in [-0.2, -0.15) is 0 Å². The van der Waals surface area contributed by atoms with Crippen LogP contribution in [0, 0.1) is 0 Å². The molecule has 1 aromatic rings. The molecular formula is C14H23NO2. The van der Waals surface area contributed by atoms with E-state index in [9.17, 15) is 0 Å². The molecule has 1 heterocycles. The van der Waals surface area contributed by atoms with Crippen molar-refractivity contribution in [3.8, 4) is 0 Å². The molecule has 0 spiro atoms. The molecule has 1 atom stereocenters. The lowest BCUT2D eigenvalue weighted by atomic mass is 9.98. The van der Waals surface area contributed by atoms with Gasteiger partial charge in [-0.25, -0.2) is 0 Å². The zero-order chi connectivity index (χ0) is 11.9. The van der Waals surface area contributed by atoms with E-state index in [0.29, 0.717) is 12.1 Å². The largest absolute Gasteiger partial charge is 0.472 e. The Bertz CT molecular complexity index is 291. The smallest absolute Gasteiger partial charge is 0.0950 e. The van der Waals surface area contributed by atoms with Crippen molar-refractivity contribution in [3.05, 3.63) is 24.2 Å². The molecule has 3 nitrogen and oxygen atoms in total. The van der Waals surface area contributed by atoms with Gasteiger partial charge < -0.3 is 14.5 Å².